The molecular formula is C38H21N3OS. The number of rotatable bonds is 2. The summed E-state index contributed by atoms with van der Waals surface area (Å²) in [6.07, 6.45) is 0. The molecule has 4 nitrogen and oxygen atoms in total. The summed E-state index contributed by atoms with van der Waals surface area (Å²) in [6.45, 7) is 0. The zero-order valence-electron chi connectivity index (χ0n) is 22.8. The van der Waals surface area contributed by atoms with E-state index in [1.807, 2.05) is 29.5 Å². The van der Waals surface area contributed by atoms with Crippen LogP contribution < -0.4 is 0 Å². The third-order valence-electron chi connectivity index (χ3n) is 8.62. The van der Waals surface area contributed by atoms with Crippen molar-refractivity contribution in [2.75, 3.05) is 0 Å². The number of fused-ring (bicyclic) bond motifs is 10. The summed E-state index contributed by atoms with van der Waals surface area (Å²) < 4.78 is 11.2. The molecule has 4 heterocycles. The van der Waals surface area contributed by atoms with Crippen LogP contribution in [0.2, 0.25) is 0 Å². The lowest BCUT2D eigenvalue weighted by atomic mass is 10.0. The number of benzene rings is 6. The lowest BCUT2D eigenvalue weighted by Gasteiger charge is -2.11. The number of para-hydroxylation sites is 2. The molecule has 0 radical (unpaired) electrons. The van der Waals surface area contributed by atoms with Gasteiger partial charge in [-0.3, -0.25) is 4.57 Å². The maximum atomic E-state index is 6.47. The molecule has 0 aliphatic carbocycles. The zero-order chi connectivity index (χ0) is 28.1. The fourth-order valence-electron chi connectivity index (χ4n) is 6.75. The molecule has 0 saturated heterocycles. The molecule has 5 heteroatoms. The number of furan rings is 1. The molecule has 10 aromatic rings. The van der Waals surface area contributed by atoms with Gasteiger partial charge in [0.2, 0.25) is 11.7 Å². The van der Waals surface area contributed by atoms with Gasteiger partial charge in [0.15, 0.2) is 0 Å². The second kappa shape index (κ2) is 8.51. The van der Waals surface area contributed by atoms with Crippen LogP contribution in [0.5, 0.6) is 0 Å². The summed E-state index contributed by atoms with van der Waals surface area (Å²) in [6, 6.07) is 44.9. The van der Waals surface area contributed by atoms with Crippen molar-refractivity contribution in [3.8, 4) is 17.2 Å². The minimum absolute atomic E-state index is 0.587. The maximum Gasteiger partial charge on any atom is 0.238 e. The Morgan fingerprint density at radius 1 is 0.535 bits per heavy atom. The van der Waals surface area contributed by atoms with Crippen LogP contribution in [0.15, 0.2) is 132 Å². The monoisotopic (exact) mass is 567 g/mol. The summed E-state index contributed by atoms with van der Waals surface area (Å²) >= 11 is 1.82. The molecule has 43 heavy (non-hydrogen) atoms. The van der Waals surface area contributed by atoms with Crippen molar-refractivity contribution in [3.05, 3.63) is 127 Å². The van der Waals surface area contributed by atoms with E-state index in [2.05, 4.69) is 114 Å². The molecule has 0 amide bonds. The van der Waals surface area contributed by atoms with Crippen LogP contribution in [0.1, 0.15) is 0 Å². The Labute approximate surface area is 249 Å². The van der Waals surface area contributed by atoms with Crippen molar-refractivity contribution in [1.82, 2.24) is 14.5 Å². The Hall–Kier alpha value is -5.52. The molecule has 0 fully saturated rings. The van der Waals surface area contributed by atoms with Gasteiger partial charge in [0.1, 0.15) is 5.58 Å². The molecular weight excluding hydrogens is 547 g/mol. The topological polar surface area (TPSA) is 43.9 Å². The minimum Gasteiger partial charge on any atom is -0.437 e. The van der Waals surface area contributed by atoms with Gasteiger partial charge in [0.05, 0.1) is 22.1 Å². The van der Waals surface area contributed by atoms with Crippen LogP contribution in [0.3, 0.4) is 0 Å². The second-order valence-corrected chi connectivity index (χ2v) is 12.1. The average molecular weight is 568 g/mol. The van der Waals surface area contributed by atoms with E-state index in [1.165, 1.54) is 41.7 Å². The fourth-order valence-corrected chi connectivity index (χ4v) is 7.88. The Morgan fingerprint density at radius 2 is 1.26 bits per heavy atom. The van der Waals surface area contributed by atoms with E-state index in [1.54, 1.807) is 0 Å². The normalized spacial score (nSPS) is 12.2. The summed E-state index contributed by atoms with van der Waals surface area (Å²) in [7, 11) is 0. The summed E-state index contributed by atoms with van der Waals surface area (Å²) in [5, 5.41) is 9.15. The van der Waals surface area contributed by atoms with E-state index >= 15 is 0 Å². The minimum atomic E-state index is 0.587. The molecule has 6 aromatic carbocycles. The summed E-state index contributed by atoms with van der Waals surface area (Å²) in [4.78, 5) is 10.6. The van der Waals surface area contributed by atoms with Crippen molar-refractivity contribution >= 4 is 86.2 Å². The smallest absolute Gasteiger partial charge is 0.238 e. The van der Waals surface area contributed by atoms with E-state index in [0.29, 0.717) is 11.7 Å². The predicted octanol–water partition coefficient (Wildman–Crippen LogP) is 10.7. The van der Waals surface area contributed by atoms with E-state index in [4.69, 9.17) is 14.4 Å². The highest BCUT2D eigenvalue weighted by Crippen LogP contribution is 2.44. The van der Waals surface area contributed by atoms with Crippen LogP contribution in [0.4, 0.5) is 0 Å². The number of aromatic nitrogens is 3. The van der Waals surface area contributed by atoms with Gasteiger partial charge in [0.25, 0.3) is 0 Å². The zero-order valence-corrected chi connectivity index (χ0v) is 23.6. The molecule has 0 saturated carbocycles. The van der Waals surface area contributed by atoms with Gasteiger partial charge in [0, 0.05) is 41.9 Å². The highest BCUT2D eigenvalue weighted by Gasteiger charge is 2.23. The van der Waals surface area contributed by atoms with E-state index in [-0.39, 0.29) is 0 Å². The Morgan fingerprint density at radius 3 is 2.16 bits per heavy atom. The Kier molecular flexibility index (Phi) is 4.57. The van der Waals surface area contributed by atoms with Gasteiger partial charge in [-0.2, -0.15) is 4.98 Å². The van der Waals surface area contributed by atoms with Gasteiger partial charge in [-0.25, -0.2) is 4.98 Å². The largest absolute Gasteiger partial charge is 0.437 e. The van der Waals surface area contributed by atoms with Gasteiger partial charge in [-0.15, -0.1) is 11.3 Å². The van der Waals surface area contributed by atoms with Crippen molar-refractivity contribution in [2.45, 2.75) is 0 Å². The number of hydrogen-bond donors (Lipinski definition) is 0. The maximum absolute atomic E-state index is 6.47. The van der Waals surface area contributed by atoms with Gasteiger partial charge >= 0.3 is 0 Å². The van der Waals surface area contributed by atoms with E-state index < -0.39 is 0 Å². The van der Waals surface area contributed by atoms with Crippen LogP contribution in [0, 0.1) is 0 Å². The SMILES string of the molecule is c1ccc2cc3c(cc2c1)c1ccccc1n3-c1nc(-c2cccc3sc4ccccc4c23)c2c(n1)oc1ccccc12. The van der Waals surface area contributed by atoms with Crippen LogP contribution in [0.25, 0.3) is 92.0 Å². The highest BCUT2D eigenvalue weighted by molar-refractivity contribution is 7.25. The molecule has 200 valence electrons. The Bertz CT molecular complexity index is 2750. The second-order valence-electron chi connectivity index (χ2n) is 11.0. The van der Waals surface area contributed by atoms with Crippen LogP contribution in [-0.2, 0) is 0 Å². The van der Waals surface area contributed by atoms with Crippen molar-refractivity contribution < 1.29 is 4.42 Å². The van der Waals surface area contributed by atoms with E-state index in [9.17, 15) is 0 Å². The Balaban J connectivity index is 1.39. The molecule has 0 atom stereocenters. The van der Waals surface area contributed by atoms with Gasteiger partial charge in [-0.05, 0) is 47.2 Å². The lowest BCUT2D eigenvalue weighted by Crippen LogP contribution is -2.03. The first-order valence-corrected chi connectivity index (χ1v) is 15.2. The average Bonchev–Trinajstić information content (AvgIpc) is 3.72. The van der Waals surface area contributed by atoms with Crippen molar-refractivity contribution in [3.63, 3.8) is 0 Å². The first-order chi connectivity index (χ1) is 21.3. The molecule has 0 aliphatic rings. The van der Waals surface area contributed by atoms with Gasteiger partial charge < -0.3 is 4.42 Å². The molecule has 4 aromatic heterocycles. The third-order valence-corrected chi connectivity index (χ3v) is 9.76. The molecule has 0 N–H and O–H groups in total. The summed E-state index contributed by atoms with van der Waals surface area (Å²) in [5.74, 6) is 0.597. The molecule has 10 rings (SSSR count). The first-order valence-electron chi connectivity index (χ1n) is 14.3. The molecule has 0 unspecified atom stereocenters. The first kappa shape index (κ1) is 23.1. The summed E-state index contributed by atoms with van der Waals surface area (Å²) in [5.41, 5.74) is 5.49. The number of hydrogen-bond acceptors (Lipinski definition) is 4. The lowest BCUT2D eigenvalue weighted by molar-refractivity contribution is 0.651. The standard InChI is InChI=1S/C38H21N3OS/c1-2-11-23-21-30-28(20-22(23)10-1)24-12-3-6-16-29(24)41(30)38-39-36(35-25-13-4-7-17-31(25)42-37(35)40-38)27-15-9-19-33-34(27)26-14-5-8-18-32(26)43-33/h1-21H. The quantitative estimate of drug-likeness (QED) is 0.209. The van der Waals surface area contributed by atoms with Crippen molar-refractivity contribution in [2.24, 2.45) is 0 Å². The number of thiophene rings is 1. The van der Waals surface area contributed by atoms with Crippen molar-refractivity contribution in [1.29, 1.82) is 0 Å². The van der Waals surface area contributed by atoms with Crippen LogP contribution >= 0.6 is 11.3 Å². The predicted molar refractivity (Wildman–Crippen MR) is 179 cm³/mol. The third kappa shape index (κ3) is 3.20. The molecule has 0 aliphatic heterocycles. The van der Waals surface area contributed by atoms with E-state index in [0.717, 1.165) is 38.6 Å². The molecule has 0 spiro atoms. The number of nitrogens with zero attached hydrogens (tertiary/aromatic N) is 3. The fraction of sp³-hybridized carbons (Fsp3) is 0. The van der Waals surface area contributed by atoms with Crippen LogP contribution in [-0.4, -0.2) is 14.5 Å². The highest BCUT2D eigenvalue weighted by atomic mass is 32.1. The molecule has 0 bridgehead atoms. The van der Waals surface area contributed by atoms with Gasteiger partial charge in [-0.1, -0.05) is 91.0 Å².